The van der Waals surface area contributed by atoms with Crippen molar-refractivity contribution in [3.8, 4) is 22.6 Å². The lowest BCUT2D eigenvalue weighted by atomic mass is 9.91. The van der Waals surface area contributed by atoms with Crippen molar-refractivity contribution in [2.75, 3.05) is 37.0 Å². The van der Waals surface area contributed by atoms with Crippen LogP contribution in [-0.4, -0.2) is 63.3 Å². The number of hydrogen-bond acceptors (Lipinski definition) is 9. The van der Waals surface area contributed by atoms with Gasteiger partial charge < -0.3 is 29.8 Å². The standard InChI is InChI=1S/C29H30FN7O4/c1-29(27(38)34-20-8-11-31-12-9-20)16-40-26(41-17-29)25-36-23(18-4-6-19(30)7-5-18)24(37-25)22-10-13-32-28(35-22)33-15-21-3-2-14-39-21/h4-13,21,26H,2-3,14-17H2,1H3,(H,36,37)(H,31,34,38)(H,32,33,35). The van der Waals surface area contributed by atoms with Crippen LogP contribution in [0.1, 0.15) is 31.9 Å². The largest absolute Gasteiger partial charge is 0.376 e. The maximum Gasteiger partial charge on any atom is 0.235 e. The fourth-order valence-corrected chi connectivity index (χ4v) is 4.71. The first kappa shape index (κ1) is 26.9. The number of ether oxygens (including phenoxy) is 3. The van der Waals surface area contributed by atoms with Crippen LogP contribution in [0.25, 0.3) is 22.6 Å². The second kappa shape index (κ2) is 11.7. The van der Waals surface area contributed by atoms with Gasteiger partial charge in [0.2, 0.25) is 18.1 Å². The molecule has 0 bridgehead atoms. The van der Waals surface area contributed by atoms with Gasteiger partial charge in [0.15, 0.2) is 5.82 Å². The number of nitrogens with zero attached hydrogens (tertiary/aromatic N) is 4. The number of imidazole rings is 1. The van der Waals surface area contributed by atoms with E-state index in [2.05, 4.69) is 25.6 Å². The monoisotopic (exact) mass is 559 g/mol. The van der Waals surface area contributed by atoms with Gasteiger partial charge in [-0.2, -0.15) is 0 Å². The van der Waals surface area contributed by atoms with Gasteiger partial charge in [-0.15, -0.1) is 0 Å². The molecule has 0 spiro atoms. The minimum absolute atomic E-state index is 0.112. The van der Waals surface area contributed by atoms with Crippen LogP contribution in [0.4, 0.5) is 16.0 Å². The second-order valence-corrected chi connectivity index (χ2v) is 10.3. The van der Waals surface area contributed by atoms with Crippen LogP contribution in [0.5, 0.6) is 0 Å². The number of hydrogen-bond donors (Lipinski definition) is 3. The molecule has 1 unspecified atom stereocenters. The van der Waals surface area contributed by atoms with Gasteiger partial charge in [-0.25, -0.2) is 19.3 Å². The van der Waals surface area contributed by atoms with E-state index in [4.69, 9.17) is 24.2 Å². The number of halogens is 1. The Morgan fingerprint density at radius 1 is 1.05 bits per heavy atom. The number of aromatic nitrogens is 5. The Morgan fingerprint density at radius 3 is 2.56 bits per heavy atom. The van der Waals surface area contributed by atoms with Crippen molar-refractivity contribution >= 4 is 17.5 Å². The zero-order chi connectivity index (χ0) is 28.2. The lowest BCUT2D eigenvalue weighted by Gasteiger charge is -2.35. The van der Waals surface area contributed by atoms with E-state index in [0.717, 1.165) is 19.4 Å². The highest BCUT2D eigenvalue weighted by Gasteiger charge is 2.41. The van der Waals surface area contributed by atoms with Crippen LogP contribution in [0.15, 0.2) is 61.1 Å². The quantitative estimate of drug-likeness (QED) is 0.288. The minimum atomic E-state index is -0.911. The molecule has 2 fully saturated rings. The SMILES string of the molecule is CC1(C(=O)Nc2ccncc2)COC(c2nc(-c3ccc(F)cc3)c(-c3ccnc(NCC4CCCO4)n3)[nH]2)OC1. The summed E-state index contributed by atoms with van der Waals surface area (Å²) >= 11 is 0. The fraction of sp³-hybridized carbons (Fsp3) is 0.345. The highest BCUT2D eigenvalue weighted by molar-refractivity contribution is 5.95. The zero-order valence-electron chi connectivity index (χ0n) is 22.5. The molecule has 0 aliphatic carbocycles. The van der Waals surface area contributed by atoms with Gasteiger partial charge in [0.1, 0.15) is 5.82 Å². The van der Waals surface area contributed by atoms with E-state index in [1.54, 1.807) is 55.8 Å². The molecule has 2 aliphatic heterocycles. The average Bonchev–Trinajstić information content (AvgIpc) is 3.69. The highest BCUT2D eigenvalue weighted by atomic mass is 19.1. The van der Waals surface area contributed by atoms with Crippen molar-refractivity contribution in [2.24, 2.45) is 5.41 Å². The average molecular weight is 560 g/mol. The van der Waals surface area contributed by atoms with Crippen molar-refractivity contribution in [3.05, 3.63) is 72.7 Å². The molecule has 2 aliphatic rings. The Kier molecular flexibility index (Phi) is 7.68. The third-order valence-corrected chi connectivity index (χ3v) is 7.08. The third-order valence-electron chi connectivity index (χ3n) is 7.08. The maximum atomic E-state index is 13.7. The number of carbonyl (C=O) groups is 1. The summed E-state index contributed by atoms with van der Waals surface area (Å²) in [5.74, 6) is 0.291. The lowest BCUT2D eigenvalue weighted by Crippen LogP contribution is -2.45. The molecule has 1 atom stereocenters. The number of nitrogens with one attached hydrogen (secondary N) is 3. The van der Waals surface area contributed by atoms with Crippen LogP contribution >= 0.6 is 0 Å². The first-order chi connectivity index (χ1) is 20.0. The Bertz CT molecular complexity index is 1480. The molecule has 0 radical (unpaired) electrons. The van der Waals surface area contributed by atoms with Gasteiger partial charge in [-0.1, -0.05) is 0 Å². The van der Waals surface area contributed by atoms with E-state index >= 15 is 0 Å². The van der Waals surface area contributed by atoms with Crippen molar-refractivity contribution in [1.29, 1.82) is 0 Å². The number of aromatic amines is 1. The number of benzene rings is 1. The van der Waals surface area contributed by atoms with Gasteiger partial charge >= 0.3 is 0 Å². The summed E-state index contributed by atoms with van der Waals surface area (Å²) in [4.78, 5) is 34.1. The predicted octanol–water partition coefficient (Wildman–Crippen LogP) is 4.35. The number of amides is 1. The van der Waals surface area contributed by atoms with Crippen LogP contribution < -0.4 is 10.6 Å². The van der Waals surface area contributed by atoms with Crippen LogP contribution in [0.2, 0.25) is 0 Å². The molecular weight excluding hydrogens is 529 g/mol. The predicted molar refractivity (Wildman–Crippen MR) is 148 cm³/mol. The molecule has 41 heavy (non-hydrogen) atoms. The molecule has 2 saturated heterocycles. The summed E-state index contributed by atoms with van der Waals surface area (Å²) in [7, 11) is 0. The Balaban J connectivity index is 1.23. The summed E-state index contributed by atoms with van der Waals surface area (Å²) in [5, 5.41) is 6.13. The molecule has 4 aromatic rings. The molecule has 1 aromatic carbocycles. The molecule has 212 valence electrons. The van der Waals surface area contributed by atoms with Gasteiger partial charge in [-0.3, -0.25) is 9.78 Å². The van der Waals surface area contributed by atoms with Crippen LogP contribution in [0, 0.1) is 11.2 Å². The molecular formula is C29H30FN7O4. The van der Waals surface area contributed by atoms with E-state index < -0.39 is 11.7 Å². The van der Waals surface area contributed by atoms with Gasteiger partial charge in [0.25, 0.3) is 0 Å². The summed E-state index contributed by atoms with van der Waals surface area (Å²) in [6.45, 7) is 3.39. The summed E-state index contributed by atoms with van der Waals surface area (Å²) < 4.78 is 31.4. The summed E-state index contributed by atoms with van der Waals surface area (Å²) in [5.41, 5.74) is 2.16. The van der Waals surface area contributed by atoms with E-state index in [-0.39, 0.29) is 31.0 Å². The second-order valence-electron chi connectivity index (χ2n) is 10.3. The molecule has 11 nitrogen and oxygen atoms in total. The molecule has 12 heteroatoms. The normalized spacial score (nSPS) is 22.4. The Morgan fingerprint density at radius 2 is 1.83 bits per heavy atom. The first-order valence-corrected chi connectivity index (χ1v) is 13.5. The molecule has 3 aromatic heterocycles. The molecule has 3 N–H and O–H groups in total. The van der Waals surface area contributed by atoms with Crippen molar-refractivity contribution in [3.63, 3.8) is 0 Å². The zero-order valence-corrected chi connectivity index (χ0v) is 22.5. The van der Waals surface area contributed by atoms with Crippen molar-refractivity contribution in [2.45, 2.75) is 32.2 Å². The fourth-order valence-electron chi connectivity index (χ4n) is 4.71. The van der Waals surface area contributed by atoms with Crippen molar-refractivity contribution < 1.29 is 23.4 Å². The van der Waals surface area contributed by atoms with Crippen LogP contribution in [0.3, 0.4) is 0 Å². The number of pyridine rings is 1. The molecule has 6 rings (SSSR count). The summed E-state index contributed by atoms with van der Waals surface area (Å²) in [6.07, 6.45) is 6.21. The topological polar surface area (TPSA) is 136 Å². The van der Waals surface area contributed by atoms with E-state index in [1.165, 1.54) is 12.1 Å². The molecule has 1 amide bonds. The van der Waals surface area contributed by atoms with Crippen molar-refractivity contribution in [1.82, 2.24) is 24.9 Å². The highest BCUT2D eigenvalue weighted by Crippen LogP contribution is 2.36. The number of rotatable bonds is 8. The van der Waals surface area contributed by atoms with Crippen LogP contribution in [-0.2, 0) is 19.0 Å². The number of carbonyl (C=O) groups excluding carboxylic acids is 1. The number of H-pyrrole nitrogens is 1. The lowest BCUT2D eigenvalue weighted by molar-refractivity contribution is -0.229. The smallest absolute Gasteiger partial charge is 0.235 e. The van der Waals surface area contributed by atoms with E-state index in [1.807, 2.05) is 0 Å². The van der Waals surface area contributed by atoms with Gasteiger partial charge in [0, 0.05) is 43.0 Å². The van der Waals surface area contributed by atoms with E-state index in [9.17, 15) is 9.18 Å². The first-order valence-electron chi connectivity index (χ1n) is 13.5. The Labute approximate surface area is 235 Å². The third kappa shape index (κ3) is 6.09. The molecule has 5 heterocycles. The Hall–Kier alpha value is -4.26. The van der Waals surface area contributed by atoms with Gasteiger partial charge in [-0.05, 0) is 62.2 Å². The van der Waals surface area contributed by atoms with E-state index in [0.29, 0.717) is 46.7 Å². The van der Waals surface area contributed by atoms with Gasteiger partial charge in [0.05, 0.1) is 41.8 Å². The number of anilines is 2. The maximum absolute atomic E-state index is 13.7. The molecule has 0 saturated carbocycles. The summed E-state index contributed by atoms with van der Waals surface area (Å²) in [6, 6.07) is 11.3. The minimum Gasteiger partial charge on any atom is -0.376 e.